The predicted molar refractivity (Wildman–Crippen MR) is 52.3 cm³/mol. The average molecular weight is 194 g/mol. The lowest BCUT2D eigenvalue weighted by Crippen LogP contribution is -2.28. The third-order valence-corrected chi connectivity index (χ3v) is 2.30. The largest absolute Gasteiger partial charge is 0.459 e. The maximum atomic E-state index is 10.7. The molecule has 1 atom stereocenters. The quantitative estimate of drug-likeness (QED) is 0.271. The minimum atomic E-state index is -1.05. The van der Waals surface area contributed by atoms with E-state index in [-0.39, 0.29) is 0 Å². The lowest BCUT2D eigenvalue weighted by Gasteiger charge is -2.24. The zero-order valence-electron chi connectivity index (χ0n) is 8.46. The number of hydrogen-bond donors (Lipinski definition) is 1. The van der Waals surface area contributed by atoms with E-state index in [4.69, 9.17) is 0 Å². The van der Waals surface area contributed by atoms with Crippen molar-refractivity contribution in [1.29, 1.82) is 0 Å². The maximum Gasteiger partial charge on any atom is 0.384 e. The van der Waals surface area contributed by atoms with Gasteiger partial charge in [0.05, 0.1) is 7.11 Å². The Hall–Kier alpha value is -1.27. The van der Waals surface area contributed by atoms with Gasteiger partial charge < -0.3 is 9.84 Å². The van der Waals surface area contributed by atoms with Gasteiger partial charge in [0.2, 0.25) is 0 Å². The molecule has 1 rings (SSSR count). The first-order valence-electron chi connectivity index (χ1n) is 4.55. The molecule has 0 saturated heterocycles. The van der Waals surface area contributed by atoms with Gasteiger partial charge in [0.15, 0.2) is 0 Å². The van der Waals surface area contributed by atoms with Gasteiger partial charge in [-0.05, 0) is 19.8 Å². The summed E-state index contributed by atoms with van der Waals surface area (Å²) >= 11 is 0. The van der Waals surface area contributed by atoms with Gasteiger partial charge in [-0.3, -0.25) is 0 Å². The van der Waals surface area contributed by atoms with Crippen LogP contribution in [0.25, 0.3) is 0 Å². The molecule has 0 saturated carbocycles. The molecule has 0 bridgehead atoms. The first-order valence-corrected chi connectivity index (χ1v) is 4.55. The summed E-state index contributed by atoms with van der Waals surface area (Å²) in [7, 11) is 1.27. The molecule has 0 aliphatic heterocycles. The fraction of sp³-hybridized carbons (Fsp3) is 0.545. The van der Waals surface area contributed by atoms with Crippen LogP contribution >= 0.6 is 0 Å². The number of ether oxygens (including phenoxy) is 1. The second kappa shape index (κ2) is 4.30. The summed E-state index contributed by atoms with van der Waals surface area (Å²) in [5.74, 6) is 4.22. The molecule has 0 unspecified atom stereocenters. The van der Waals surface area contributed by atoms with Crippen molar-refractivity contribution >= 4 is 5.97 Å². The van der Waals surface area contributed by atoms with E-state index in [1.165, 1.54) is 12.7 Å². The topological polar surface area (TPSA) is 46.5 Å². The standard InChI is InChI=1S/C11H14O3/c1-9-3-6-11(13,7-4-9)8-5-10(12)14-2/h3,13H,4,6-7H2,1-2H3/t11-/m1/s1. The number of allylic oxidation sites excluding steroid dienone is 1. The normalized spacial score (nSPS) is 25.8. The fourth-order valence-electron chi connectivity index (χ4n) is 1.28. The van der Waals surface area contributed by atoms with E-state index < -0.39 is 11.6 Å². The minimum absolute atomic E-state index is 0.489. The van der Waals surface area contributed by atoms with Crippen LogP contribution in [-0.2, 0) is 9.53 Å². The molecule has 0 aromatic rings. The Labute approximate surface area is 83.8 Å². The molecule has 1 aliphatic carbocycles. The number of carbonyl (C=O) groups excluding carboxylic acids is 1. The molecule has 76 valence electrons. The third kappa shape index (κ3) is 2.90. The Morgan fingerprint density at radius 2 is 2.43 bits per heavy atom. The van der Waals surface area contributed by atoms with Gasteiger partial charge in [-0.1, -0.05) is 17.6 Å². The zero-order chi connectivity index (χ0) is 10.6. The molecule has 0 aromatic heterocycles. The highest BCUT2D eigenvalue weighted by Gasteiger charge is 2.26. The summed E-state index contributed by atoms with van der Waals surface area (Å²) in [5.41, 5.74) is 0.211. The Morgan fingerprint density at radius 1 is 1.71 bits per heavy atom. The highest BCUT2D eigenvalue weighted by atomic mass is 16.5. The molecule has 3 heteroatoms. The first-order chi connectivity index (χ1) is 6.56. The molecule has 0 amide bonds. The van der Waals surface area contributed by atoms with Gasteiger partial charge in [-0.25, -0.2) is 4.79 Å². The maximum absolute atomic E-state index is 10.7. The highest BCUT2D eigenvalue weighted by Crippen LogP contribution is 2.26. The Bertz CT molecular complexity index is 319. The van der Waals surface area contributed by atoms with Crippen LogP contribution in [0, 0.1) is 11.8 Å². The third-order valence-electron chi connectivity index (χ3n) is 2.30. The van der Waals surface area contributed by atoms with Crippen LogP contribution in [0.3, 0.4) is 0 Å². The van der Waals surface area contributed by atoms with E-state index in [2.05, 4.69) is 16.6 Å². The number of hydrogen-bond acceptors (Lipinski definition) is 3. The van der Waals surface area contributed by atoms with Crippen molar-refractivity contribution in [3.8, 4) is 11.8 Å². The number of rotatable bonds is 0. The molecule has 0 fully saturated rings. The van der Waals surface area contributed by atoms with Gasteiger partial charge in [0.25, 0.3) is 0 Å². The van der Waals surface area contributed by atoms with E-state index in [0.717, 1.165) is 6.42 Å². The van der Waals surface area contributed by atoms with Gasteiger partial charge in [0.1, 0.15) is 5.60 Å². The van der Waals surface area contributed by atoms with Crippen LogP contribution in [0.15, 0.2) is 11.6 Å². The average Bonchev–Trinajstić information content (AvgIpc) is 2.20. The summed E-state index contributed by atoms with van der Waals surface area (Å²) in [4.78, 5) is 10.7. The van der Waals surface area contributed by atoms with Gasteiger partial charge in [-0.2, -0.15) is 0 Å². The number of esters is 1. The molecule has 3 nitrogen and oxygen atoms in total. The Morgan fingerprint density at radius 3 is 2.93 bits per heavy atom. The molecule has 0 heterocycles. The monoisotopic (exact) mass is 194 g/mol. The molecule has 0 radical (unpaired) electrons. The van der Waals surface area contributed by atoms with Crippen molar-refractivity contribution in [3.05, 3.63) is 11.6 Å². The van der Waals surface area contributed by atoms with E-state index in [1.807, 2.05) is 13.0 Å². The van der Waals surface area contributed by atoms with E-state index in [0.29, 0.717) is 12.8 Å². The van der Waals surface area contributed by atoms with Crippen LogP contribution in [0.5, 0.6) is 0 Å². The summed E-state index contributed by atoms with van der Waals surface area (Å²) in [6.07, 6.45) is 3.85. The molecular formula is C11H14O3. The Kier molecular flexibility index (Phi) is 3.32. The van der Waals surface area contributed by atoms with Crippen molar-refractivity contribution in [1.82, 2.24) is 0 Å². The summed E-state index contributed by atoms with van der Waals surface area (Å²) in [6.45, 7) is 2.02. The minimum Gasteiger partial charge on any atom is -0.459 e. The molecule has 14 heavy (non-hydrogen) atoms. The summed E-state index contributed by atoms with van der Waals surface area (Å²) < 4.78 is 4.37. The van der Waals surface area contributed by atoms with Crippen molar-refractivity contribution in [2.24, 2.45) is 0 Å². The number of carbonyl (C=O) groups is 1. The molecule has 1 aliphatic rings. The predicted octanol–water partition coefficient (Wildman–Crippen LogP) is 1.02. The van der Waals surface area contributed by atoms with Crippen molar-refractivity contribution in [3.63, 3.8) is 0 Å². The van der Waals surface area contributed by atoms with E-state index >= 15 is 0 Å². The van der Waals surface area contributed by atoms with Gasteiger partial charge in [-0.15, -0.1) is 0 Å². The molecule has 1 N–H and O–H groups in total. The van der Waals surface area contributed by atoms with E-state index in [9.17, 15) is 9.90 Å². The summed E-state index contributed by atoms with van der Waals surface area (Å²) in [5, 5.41) is 9.91. The summed E-state index contributed by atoms with van der Waals surface area (Å²) in [6, 6.07) is 0. The van der Waals surface area contributed by atoms with Crippen LogP contribution in [0.2, 0.25) is 0 Å². The molecule has 0 aromatic carbocycles. The van der Waals surface area contributed by atoms with Crippen LogP contribution in [-0.4, -0.2) is 23.8 Å². The van der Waals surface area contributed by atoms with Gasteiger partial charge in [0, 0.05) is 12.3 Å². The Balaban J connectivity index is 2.67. The second-order valence-corrected chi connectivity index (χ2v) is 3.53. The van der Waals surface area contributed by atoms with Crippen molar-refractivity contribution < 1.29 is 14.6 Å². The SMILES string of the molecule is COC(=O)C#C[C@@]1(O)CC=C(C)CC1. The highest BCUT2D eigenvalue weighted by molar-refractivity contribution is 5.88. The smallest absolute Gasteiger partial charge is 0.384 e. The first kappa shape index (κ1) is 10.8. The number of methoxy groups -OCH3 is 1. The van der Waals surface area contributed by atoms with Gasteiger partial charge >= 0.3 is 5.97 Å². The van der Waals surface area contributed by atoms with Crippen LogP contribution < -0.4 is 0 Å². The molecular weight excluding hydrogens is 180 g/mol. The van der Waals surface area contributed by atoms with Crippen LogP contribution in [0.4, 0.5) is 0 Å². The zero-order valence-corrected chi connectivity index (χ0v) is 8.46. The lowest BCUT2D eigenvalue weighted by atomic mass is 9.86. The number of aliphatic hydroxyl groups is 1. The van der Waals surface area contributed by atoms with Crippen LogP contribution in [0.1, 0.15) is 26.2 Å². The lowest BCUT2D eigenvalue weighted by molar-refractivity contribution is -0.133. The fourth-order valence-corrected chi connectivity index (χ4v) is 1.28. The molecule has 0 spiro atoms. The van der Waals surface area contributed by atoms with E-state index in [1.54, 1.807) is 0 Å². The van der Waals surface area contributed by atoms with Crippen molar-refractivity contribution in [2.45, 2.75) is 31.8 Å². The second-order valence-electron chi connectivity index (χ2n) is 3.53. The van der Waals surface area contributed by atoms with Crippen molar-refractivity contribution in [2.75, 3.05) is 7.11 Å².